The second-order valence-electron chi connectivity index (χ2n) is 5.58. The van der Waals surface area contributed by atoms with Gasteiger partial charge in [-0.05, 0) is 38.8 Å². The zero-order chi connectivity index (χ0) is 13.8. The molecular formula is C14H22N4O2. The number of anilines is 1. The molecule has 2 N–H and O–H groups in total. The van der Waals surface area contributed by atoms with Gasteiger partial charge in [0.2, 0.25) is 5.91 Å². The van der Waals surface area contributed by atoms with Crippen molar-refractivity contribution in [3.63, 3.8) is 0 Å². The van der Waals surface area contributed by atoms with Crippen molar-refractivity contribution < 1.29 is 9.53 Å². The Morgan fingerprint density at radius 2 is 2.30 bits per heavy atom. The van der Waals surface area contributed by atoms with Gasteiger partial charge in [0.25, 0.3) is 0 Å². The number of carbonyl (C=O) groups excluding carboxylic acids is 1. The maximum atomic E-state index is 11.9. The quantitative estimate of drug-likeness (QED) is 0.871. The molecule has 0 spiro atoms. The second kappa shape index (κ2) is 6.37. The molecule has 2 fully saturated rings. The monoisotopic (exact) mass is 278 g/mol. The normalized spacial score (nSPS) is 23.9. The number of piperidine rings is 1. The van der Waals surface area contributed by atoms with Crippen LogP contribution in [0.4, 0.5) is 5.69 Å². The minimum absolute atomic E-state index is 0.0155. The van der Waals surface area contributed by atoms with E-state index in [1.54, 1.807) is 6.20 Å². The summed E-state index contributed by atoms with van der Waals surface area (Å²) >= 11 is 0. The molecule has 1 amide bonds. The van der Waals surface area contributed by atoms with Crippen LogP contribution in [0.2, 0.25) is 0 Å². The molecule has 0 aliphatic carbocycles. The molecule has 2 saturated heterocycles. The van der Waals surface area contributed by atoms with Gasteiger partial charge in [-0.2, -0.15) is 5.10 Å². The first-order valence-electron chi connectivity index (χ1n) is 7.47. The fourth-order valence-electron chi connectivity index (χ4n) is 2.90. The lowest BCUT2D eigenvalue weighted by molar-refractivity contribution is -0.118. The molecule has 3 heterocycles. The molecular weight excluding hydrogens is 256 g/mol. The van der Waals surface area contributed by atoms with E-state index >= 15 is 0 Å². The maximum Gasteiger partial charge on any atom is 0.227 e. The van der Waals surface area contributed by atoms with Crippen molar-refractivity contribution in [3.05, 3.63) is 12.4 Å². The van der Waals surface area contributed by atoms with Crippen LogP contribution in [0.3, 0.4) is 0 Å². The number of hydrogen-bond acceptors (Lipinski definition) is 4. The Kier molecular flexibility index (Phi) is 4.32. The van der Waals surface area contributed by atoms with E-state index in [0.29, 0.717) is 12.5 Å². The van der Waals surface area contributed by atoms with Crippen molar-refractivity contribution >= 4 is 11.6 Å². The van der Waals surface area contributed by atoms with E-state index in [1.807, 2.05) is 10.9 Å². The number of ether oxygens (including phenoxy) is 1. The molecule has 1 aromatic heterocycles. The van der Waals surface area contributed by atoms with Crippen molar-refractivity contribution in [2.75, 3.05) is 25.0 Å². The average Bonchev–Trinajstić information content (AvgIpc) is 3.11. The third kappa shape index (κ3) is 3.37. The number of hydrogen-bond donors (Lipinski definition) is 2. The van der Waals surface area contributed by atoms with Gasteiger partial charge in [-0.3, -0.25) is 9.48 Å². The number of nitrogens with zero attached hydrogens (tertiary/aromatic N) is 2. The highest BCUT2D eigenvalue weighted by atomic mass is 16.5. The van der Waals surface area contributed by atoms with Gasteiger partial charge in [0.15, 0.2) is 0 Å². The fourth-order valence-corrected chi connectivity index (χ4v) is 2.90. The highest BCUT2D eigenvalue weighted by Gasteiger charge is 2.20. The van der Waals surface area contributed by atoms with Gasteiger partial charge in [-0.15, -0.1) is 0 Å². The molecule has 1 atom stereocenters. The third-order valence-corrected chi connectivity index (χ3v) is 4.01. The Bertz CT molecular complexity index is 448. The number of carbonyl (C=O) groups is 1. The molecule has 110 valence electrons. The standard InChI is InChI=1S/C14H22N4O2/c19-14(8-13-2-1-7-20-13)17-11-9-16-18(10-11)12-3-5-15-6-4-12/h9-10,12-13,15H,1-8H2,(H,17,19). The molecule has 1 aromatic rings. The van der Waals surface area contributed by atoms with Crippen LogP contribution >= 0.6 is 0 Å². The first-order valence-corrected chi connectivity index (χ1v) is 7.47. The zero-order valence-corrected chi connectivity index (χ0v) is 11.7. The topological polar surface area (TPSA) is 68.2 Å². The molecule has 0 radical (unpaired) electrons. The summed E-state index contributed by atoms with van der Waals surface area (Å²) in [6.45, 7) is 2.85. The summed E-state index contributed by atoms with van der Waals surface area (Å²) in [5.74, 6) is 0.0155. The molecule has 20 heavy (non-hydrogen) atoms. The summed E-state index contributed by atoms with van der Waals surface area (Å²) in [6.07, 6.45) is 8.43. The van der Waals surface area contributed by atoms with Crippen molar-refractivity contribution in [1.82, 2.24) is 15.1 Å². The zero-order valence-electron chi connectivity index (χ0n) is 11.7. The molecule has 1 unspecified atom stereocenters. The molecule has 0 aromatic carbocycles. The highest BCUT2D eigenvalue weighted by molar-refractivity contribution is 5.90. The van der Waals surface area contributed by atoms with Crippen LogP contribution in [0.1, 0.15) is 38.1 Å². The fraction of sp³-hybridized carbons (Fsp3) is 0.714. The smallest absolute Gasteiger partial charge is 0.227 e. The van der Waals surface area contributed by atoms with Crippen molar-refractivity contribution in [3.8, 4) is 0 Å². The third-order valence-electron chi connectivity index (χ3n) is 4.01. The van der Waals surface area contributed by atoms with Crippen LogP contribution in [0.25, 0.3) is 0 Å². The molecule has 2 aliphatic heterocycles. The minimum Gasteiger partial charge on any atom is -0.378 e. The van der Waals surface area contributed by atoms with Crippen LogP contribution in [-0.4, -0.2) is 41.5 Å². The lowest BCUT2D eigenvalue weighted by Gasteiger charge is -2.22. The molecule has 6 nitrogen and oxygen atoms in total. The minimum atomic E-state index is 0.0155. The van der Waals surface area contributed by atoms with Crippen LogP contribution in [0.5, 0.6) is 0 Å². The van der Waals surface area contributed by atoms with E-state index in [-0.39, 0.29) is 12.0 Å². The Morgan fingerprint density at radius 1 is 1.45 bits per heavy atom. The molecule has 3 rings (SSSR count). The second-order valence-corrected chi connectivity index (χ2v) is 5.58. The van der Waals surface area contributed by atoms with Crippen LogP contribution in [0.15, 0.2) is 12.4 Å². The summed E-state index contributed by atoms with van der Waals surface area (Å²) < 4.78 is 7.45. The summed E-state index contributed by atoms with van der Waals surface area (Å²) in [7, 11) is 0. The van der Waals surface area contributed by atoms with E-state index in [0.717, 1.165) is 51.1 Å². The molecule has 0 saturated carbocycles. The van der Waals surface area contributed by atoms with Crippen molar-refractivity contribution in [1.29, 1.82) is 0 Å². The predicted octanol–water partition coefficient (Wildman–Crippen LogP) is 1.32. The number of rotatable bonds is 4. The lowest BCUT2D eigenvalue weighted by Crippen LogP contribution is -2.29. The van der Waals surface area contributed by atoms with Gasteiger partial charge < -0.3 is 15.4 Å². The van der Waals surface area contributed by atoms with E-state index in [9.17, 15) is 4.79 Å². The first-order chi connectivity index (χ1) is 9.81. The molecule has 2 aliphatic rings. The lowest BCUT2D eigenvalue weighted by atomic mass is 10.1. The summed E-state index contributed by atoms with van der Waals surface area (Å²) in [4.78, 5) is 11.9. The van der Waals surface area contributed by atoms with E-state index in [4.69, 9.17) is 4.74 Å². The Morgan fingerprint density at radius 3 is 3.05 bits per heavy atom. The number of aromatic nitrogens is 2. The van der Waals surface area contributed by atoms with Crippen molar-refractivity contribution in [2.24, 2.45) is 0 Å². The average molecular weight is 278 g/mol. The summed E-state index contributed by atoms with van der Waals surface area (Å²) in [6, 6.07) is 0.445. The van der Waals surface area contributed by atoms with Gasteiger partial charge in [0.1, 0.15) is 0 Å². The maximum absolute atomic E-state index is 11.9. The van der Waals surface area contributed by atoms with Gasteiger partial charge in [-0.1, -0.05) is 0 Å². The van der Waals surface area contributed by atoms with Crippen molar-refractivity contribution in [2.45, 2.75) is 44.2 Å². The Hall–Kier alpha value is -1.40. The SMILES string of the molecule is O=C(CC1CCCO1)Nc1cnn(C2CCNCC2)c1. The van der Waals surface area contributed by atoms with E-state index in [2.05, 4.69) is 15.7 Å². The van der Waals surface area contributed by atoms with E-state index < -0.39 is 0 Å². The van der Waals surface area contributed by atoms with Gasteiger partial charge in [-0.25, -0.2) is 0 Å². The predicted molar refractivity (Wildman–Crippen MR) is 75.6 cm³/mol. The van der Waals surface area contributed by atoms with Gasteiger partial charge in [0, 0.05) is 12.8 Å². The molecule has 6 heteroatoms. The molecule has 0 bridgehead atoms. The van der Waals surface area contributed by atoms with Crippen LogP contribution in [0, 0.1) is 0 Å². The first kappa shape index (κ1) is 13.6. The largest absolute Gasteiger partial charge is 0.378 e. The Balaban J connectivity index is 1.52. The summed E-state index contributed by atoms with van der Waals surface area (Å²) in [5.41, 5.74) is 0.784. The van der Waals surface area contributed by atoms with Gasteiger partial charge in [0.05, 0.1) is 30.5 Å². The van der Waals surface area contributed by atoms with Gasteiger partial charge >= 0.3 is 0 Å². The number of amides is 1. The number of nitrogens with one attached hydrogen (secondary N) is 2. The van der Waals surface area contributed by atoms with E-state index in [1.165, 1.54) is 0 Å². The van der Waals surface area contributed by atoms with Crippen LogP contribution < -0.4 is 10.6 Å². The Labute approximate surface area is 118 Å². The van der Waals surface area contributed by atoms with Crippen LogP contribution in [-0.2, 0) is 9.53 Å². The highest BCUT2D eigenvalue weighted by Crippen LogP contribution is 2.20. The summed E-state index contributed by atoms with van der Waals surface area (Å²) in [5, 5.41) is 10.6.